The highest BCUT2D eigenvalue weighted by molar-refractivity contribution is 5.80. The first kappa shape index (κ1) is 19.7. The van der Waals surface area contributed by atoms with Gasteiger partial charge in [0.2, 0.25) is 0 Å². The van der Waals surface area contributed by atoms with Gasteiger partial charge in [-0.15, -0.1) is 0 Å². The number of halogens is 1. The number of aryl methyl sites for hydroxylation is 1. The minimum atomic E-state index is -0.343. The maximum absolute atomic E-state index is 14.0. The van der Waals surface area contributed by atoms with E-state index in [1.54, 1.807) is 6.07 Å². The van der Waals surface area contributed by atoms with Crippen LogP contribution in [-0.2, 0) is 6.54 Å². The second-order valence-electron chi connectivity index (χ2n) is 7.02. The first-order valence-electron chi connectivity index (χ1n) is 9.64. The molecule has 0 aromatic heterocycles. The van der Waals surface area contributed by atoms with Gasteiger partial charge in [0.05, 0.1) is 18.2 Å². The first-order chi connectivity index (χ1) is 13.6. The van der Waals surface area contributed by atoms with Gasteiger partial charge >= 0.3 is 0 Å². The Morgan fingerprint density at radius 2 is 2.07 bits per heavy atom. The van der Waals surface area contributed by atoms with Gasteiger partial charge in [-0.2, -0.15) is 5.26 Å². The molecule has 1 saturated heterocycles. The molecular weight excluding hydrogens is 353 g/mol. The minimum absolute atomic E-state index is 0.186. The fraction of sp³-hybridized carbons (Fsp3) is 0.364. The predicted octanol–water partition coefficient (Wildman–Crippen LogP) is 3.34. The number of guanidine groups is 1. The lowest BCUT2D eigenvalue weighted by Gasteiger charge is -2.20. The van der Waals surface area contributed by atoms with Crippen molar-refractivity contribution in [3.05, 3.63) is 65.0 Å². The van der Waals surface area contributed by atoms with Gasteiger partial charge < -0.3 is 15.5 Å². The second kappa shape index (κ2) is 9.23. The van der Waals surface area contributed by atoms with Crippen molar-refractivity contribution in [3.63, 3.8) is 0 Å². The molecule has 0 aliphatic carbocycles. The lowest BCUT2D eigenvalue weighted by Crippen LogP contribution is -2.44. The number of nitrogens with zero attached hydrogens (tertiary/aromatic N) is 3. The van der Waals surface area contributed by atoms with Crippen LogP contribution in [0.5, 0.6) is 0 Å². The second-order valence-corrected chi connectivity index (χ2v) is 7.02. The zero-order valence-electron chi connectivity index (χ0n) is 16.4. The van der Waals surface area contributed by atoms with Gasteiger partial charge in [-0.1, -0.05) is 17.7 Å². The van der Waals surface area contributed by atoms with Crippen LogP contribution in [-0.4, -0.2) is 31.6 Å². The monoisotopic (exact) mass is 379 g/mol. The van der Waals surface area contributed by atoms with E-state index in [0.29, 0.717) is 17.1 Å². The van der Waals surface area contributed by atoms with Crippen molar-refractivity contribution in [2.24, 2.45) is 4.99 Å². The number of benzene rings is 2. The molecule has 2 aromatic carbocycles. The van der Waals surface area contributed by atoms with E-state index in [2.05, 4.69) is 51.7 Å². The third-order valence-corrected chi connectivity index (χ3v) is 4.85. The summed E-state index contributed by atoms with van der Waals surface area (Å²) in [5.74, 6) is 0.324. The van der Waals surface area contributed by atoms with E-state index < -0.39 is 0 Å². The third kappa shape index (κ3) is 5.01. The van der Waals surface area contributed by atoms with Gasteiger partial charge in [0.25, 0.3) is 0 Å². The standard InChI is InChI=1S/C22H26FN5/c1-3-25-22(26-14-18-12-17(13-24)6-9-21(18)23)27-19-10-11-28(15-19)20-7-4-16(2)5-8-20/h4-9,12,19H,3,10-11,14-15H2,1-2H3,(H2,25,26,27). The normalized spacial score (nSPS) is 16.7. The van der Waals surface area contributed by atoms with E-state index >= 15 is 0 Å². The molecule has 28 heavy (non-hydrogen) atoms. The van der Waals surface area contributed by atoms with Crippen LogP contribution < -0.4 is 15.5 Å². The summed E-state index contributed by atoms with van der Waals surface area (Å²) in [6, 6.07) is 15.2. The van der Waals surface area contributed by atoms with E-state index in [-0.39, 0.29) is 18.4 Å². The Bertz CT molecular complexity index is 869. The highest BCUT2D eigenvalue weighted by atomic mass is 19.1. The molecule has 0 saturated carbocycles. The summed E-state index contributed by atoms with van der Waals surface area (Å²) < 4.78 is 14.0. The maximum atomic E-state index is 14.0. The van der Waals surface area contributed by atoms with E-state index in [1.807, 2.05) is 13.0 Å². The lowest BCUT2D eigenvalue weighted by molar-refractivity contribution is 0.608. The van der Waals surface area contributed by atoms with Crippen molar-refractivity contribution >= 4 is 11.6 Å². The number of hydrogen-bond donors (Lipinski definition) is 2. The topological polar surface area (TPSA) is 63.5 Å². The van der Waals surface area contributed by atoms with Crippen LogP contribution in [0.15, 0.2) is 47.5 Å². The molecular formula is C22H26FN5. The quantitative estimate of drug-likeness (QED) is 0.618. The molecule has 0 spiro atoms. The average molecular weight is 379 g/mol. The molecule has 1 aliphatic rings. The molecule has 6 heteroatoms. The zero-order valence-corrected chi connectivity index (χ0v) is 16.4. The molecule has 2 aromatic rings. The number of nitrogens with one attached hydrogen (secondary N) is 2. The van der Waals surface area contributed by atoms with Crippen LogP contribution in [0.25, 0.3) is 0 Å². The summed E-state index contributed by atoms with van der Waals surface area (Å²) in [6.07, 6.45) is 1.01. The van der Waals surface area contributed by atoms with Crippen LogP contribution in [0.1, 0.15) is 30.0 Å². The highest BCUT2D eigenvalue weighted by Crippen LogP contribution is 2.20. The molecule has 0 radical (unpaired) electrons. The SMILES string of the molecule is CCNC(=NCc1cc(C#N)ccc1F)NC1CCN(c2ccc(C)cc2)C1. The van der Waals surface area contributed by atoms with E-state index in [4.69, 9.17) is 5.26 Å². The largest absolute Gasteiger partial charge is 0.369 e. The Morgan fingerprint density at radius 1 is 1.29 bits per heavy atom. The Balaban J connectivity index is 1.64. The van der Waals surface area contributed by atoms with Gasteiger partial charge in [-0.25, -0.2) is 9.38 Å². The Labute approximate surface area is 165 Å². The van der Waals surface area contributed by atoms with Gasteiger partial charge in [-0.05, 0) is 50.6 Å². The molecule has 5 nitrogen and oxygen atoms in total. The van der Waals surface area contributed by atoms with Crippen LogP contribution >= 0.6 is 0 Å². The Morgan fingerprint density at radius 3 is 2.79 bits per heavy atom. The molecule has 0 bridgehead atoms. The highest BCUT2D eigenvalue weighted by Gasteiger charge is 2.23. The van der Waals surface area contributed by atoms with Crippen molar-refractivity contribution in [1.29, 1.82) is 5.26 Å². The van der Waals surface area contributed by atoms with Crippen molar-refractivity contribution in [2.75, 3.05) is 24.5 Å². The van der Waals surface area contributed by atoms with Crippen molar-refractivity contribution in [1.82, 2.24) is 10.6 Å². The number of rotatable bonds is 5. The summed E-state index contributed by atoms with van der Waals surface area (Å²) in [4.78, 5) is 6.88. The van der Waals surface area contributed by atoms with Crippen molar-refractivity contribution in [2.45, 2.75) is 32.9 Å². The Hall–Kier alpha value is -3.07. The smallest absolute Gasteiger partial charge is 0.191 e. The van der Waals surface area contributed by atoms with Gasteiger partial charge in [-0.3, -0.25) is 0 Å². The number of nitriles is 1. The molecule has 2 N–H and O–H groups in total. The summed E-state index contributed by atoms with van der Waals surface area (Å²) >= 11 is 0. The fourth-order valence-electron chi connectivity index (χ4n) is 3.31. The van der Waals surface area contributed by atoms with Gasteiger partial charge in [0.1, 0.15) is 5.82 Å². The van der Waals surface area contributed by atoms with E-state index in [9.17, 15) is 4.39 Å². The summed E-state index contributed by atoms with van der Waals surface area (Å²) in [6.45, 7) is 6.88. The van der Waals surface area contributed by atoms with Gasteiger partial charge in [0, 0.05) is 36.9 Å². The van der Waals surface area contributed by atoms with Crippen LogP contribution in [0, 0.1) is 24.1 Å². The number of aliphatic imine (C=N–C) groups is 1. The third-order valence-electron chi connectivity index (χ3n) is 4.85. The summed E-state index contributed by atoms with van der Waals surface area (Å²) in [7, 11) is 0. The van der Waals surface area contributed by atoms with Crippen molar-refractivity contribution < 1.29 is 4.39 Å². The van der Waals surface area contributed by atoms with E-state index in [1.165, 1.54) is 23.4 Å². The molecule has 146 valence electrons. The predicted molar refractivity (Wildman–Crippen MR) is 111 cm³/mol. The molecule has 1 fully saturated rings. The Kier molecular flexibility index (Phi) is 6.49. The fourth-order valence-corrected chi connectivity index (χ4v) is 3.31. The van der Waals surface area contributed by atoms with Crippen molar-refractivity contribution in [3.8, 4) is 6.07 Å². The lowest BCUT2D eigenvalue weighted by atomic mass is 10.1. The number of anilines is 1. The molecule has 1 atom stereocenters. The summed E-state index contributed by atoms with van der Waals surface area (Å²) in [5.41, 5.74) is 3.34. The molecule has 1 unspecified atom stereocenters. The maximum Gasteiger partial charge on any atom is 0.191 e. The van der Waals surface area contributed by atoms with Crippen LogP contribution in [0.3, 0.4) is 0 Å². The molecule has 3 rings (SSSR count). The van der Waals surface area contributed by atoms with E-state index in [0.717, 1.165) is 26.1 Å². The molecule has 1 heterocycles. The number of hydrogen-bond acceptors (Lipinski definition) is 3. The molecule has 0 amide bonds. The minimum Gasteiger partial charge on any atom is -0.369 e. The zero-order chi connectivity index (χ0) is 19.9. The average Bonchev–Trinajstić information content (AvgIpc) is 3.16. The van der Waals surface area contributed by atoms with Gasteiger partial charge in [0.15, 0.2) is 5.96 Å². The van der Waals surface area contributed by atoms with Crippen LogP contribution in [0.2, 0.25) is 0 Å². The molecule has 1 aliphatic heterocycles. The first-order valence-corrected chi connectivity index (χ1v) is 9.64. The van der Waals surface area contributed by atoms with Crippen LogP contribution in [0.4, 0.5) is 10.1 Å². The summed E-state index contributed by atoms with van der Waals surface area (Å²) in [5, 5.41) is 15.7.